The molecule has 0 aromatic heterocycles. The molecule has 0 fully saturated rings. The van der Waals surface area contributed by atoms with Crippen molar-refractivity contribution in [1.29, 1.82) is 0 Å². The molecule has 2 rings (SSSR count). The minimum atomic E-state index is 0.0512. The summed E-state index contributed by atoms with van der Waals surface area (Å²) in [5.74, 6) is 2.10. The van der Waals surface area contributed by atoms with E-state index in [9.17, 15) is 4.79 Å². The van der Waals surface area contributed by atoms with Gasteiger partial charge in [-0.2, -0.15) is 0 Å². The predicted molar refractivity (Wildman–Crippen MR) is 85.2 cm³/mol. The number of ketones is 1. The van der Waals surface area contributed by atoms with Crippen LogP contribution in [0.3, 0.4) is 0 Å². The van der Waals surface area contributed by atoms with Crippen molar-refractivity contribution in [3.63, 3.8) is 0 Å². The number of Topliss-reactive ketones (excluding diaryl/α,β-unsaturated/α-hetero) is 1. The van der Waals surface area contributed by atoms with E-state index in [-0.39, 0.29) is 5.78 Å². The lowest BCUT2D eigenvalue weighted by Gasteiger charge is -2.09. The molecule has 0 saturated heterocycles. The fraction of sp³-hybridized carbons (Fsp3) is 0.278. The molecule has 0 N–H and O–H groups in total. The molecule has 0 bridgehead atoms. The van der Waals surface area contributed by atoms with Crippen LogP contribution >= 0.6 is 0 Å². The molecular weight excluding hydrogens is 280 g/mol. The molecule has 0 aliphatic carbocycles. The first-order chi connectivity index (χ1) is 10.7. The highest BCUT2D eigenvalue weighted by molar-refractivity contribution is 5.97. The molecule has 0 amide bonds. The molecule has 4 heteroatoms. The molecule has 0 heterocycles. The summed E-state index contributed by atoms with van der Waals surface area (Å²) in [7, 11) is 3.17. The number of ether oxygens (including phenoxy) is 3. The summed E-state index contributed by atoms with van der Waals surface area (Å²) in [5, 5.41) is 0. The van der Waals surface area contributed by atoms with Gasteiger partial charge in [0.05, 0.1) is 20.8 Å². The molecule has 0 aliphatic rings. The van der Waals surface area contributed by atoms with Crippen LogP contribution in [-0.4, -0.2) is 26.6 Å². The van der Waals surface area contributed by atoms with Crippen LogP contribution in [0, 0.1) is 0 Å². The highest BCUT2D eigenvalue weighted by Crippen LogP contribution is 2.28. The van der Waals surface area contributed by atoms with Gasteiger partial charge in [-0.05, 0) is 48.9 Å². The van der Waals surface area contributed by atoms with E-state index in [1.54, 1.807) is 32.4 Å². The summed E-state index contributed by atoms with van der Waals surface area (Å²) >= 11 is 0. The highest BCUT2D eigenvalue weighted by atomic mass is 16.5. The summed E-state index contributed by atoms with van der Waals surface area (Å²) in [6.07, 6.45) is 0.314. The Labute approximate surface area is 130 Å². The Morgan fingerprint density at radius 1 is 0.955 bits per heavy atom. The Kier molecular flexibility index (Phi) is 5.42. The van der Waals surface area contributed by atoms with Crippen LogP contribution in [0.2, 0.25) is 0 Å². The number of carbonyl (C=O) groups is 1. The van der Waals surface area contributed by atoms with Crippen LogP contribution in [0.25, 0.3) is 0 Å². The van der Waals surface area contributed by atoms with Gasteiger partial charge >= 0.3 is 0 Å². The zero-order valence-corrected chi connectivity index (χ0v) is 13.1. The van der Waals surface area contributed by atoms with Gasteiger partial charge in [-0.25, -0.2) is 0 Å². The molecule has 0 unspecified atom stereocenters. The number of carbonyl (C=O) groups excluding carboxylic acids is 1. The van der Waals surface area contributed by atoms with Crippen molar-refractivity contribution < 1.29 is 19.0 Å². The molecule has 4 nitrogen and oxygen atoms in total. The number of rotatable bonds is 7. The standard InChI is InChI=1S/C18H20O4/c1-4-22-15-8-6-14(7-9-15)16(19)11-13-5-10-17(20-2)18(12-13)21-3/h5-10,12H,4,11H2,1-3H3. The molecule has 0 aliphatic heterocycles. The summed E-state index contributed by atoms with van der Waals surface area (Å²) in [6, 6.07) is 12.7. The Hall–Kier alpha value is -2.49. The third-order valence-corrected chi connectivity index (χ3v) is 3.30. The van der Waals surface area contributed by atoms with Crippen LogP contribution < -0.4 is 14.2 Å². The largest absolute Gasteiger partial charge is 0.494 e. The topological polar surface area (TPSA) is 44.8 Å². The first-order valence-corrected chi connectivity index (χ1v) is 7.15. The van der Waals surface area contributed by atoms with Crippen LogP contribution in [-0.2, 0) is 6.42 Å². The summed E-state index contributed by atoms with van der Waals surface area (Å²) in [5.41, 5.74) is 1.55. The van der Waals surface area contributed by atoms with Crippen molar-refractivity contribution in [3.05, 3.63) is 53.6 Å². The third kappa shape index (κ3) is 3.79. The Morgan fingerprint density at radius 2 is 1.64 bits per heavy atom. The van der Waals surface area contributed by atoms with Gasteiger partial charge in [-0.1, -0.05) is 6.07 Å². The third-order valence-electron chi connectivity index (χ3n) is 3.30. The summed E-state index contributed by atoms with van der Waals surface area (Å²) < 4.78 is 15.8. The van der Waals surface area contributed by atoms with E-state index in [4.69, 9.17) is 14.2 Å². The van der Waals surface area contributed by atoms with E-state index in [1.165, 1.54) is 0 Å². The fourth-order valence-corrected chi connectivity index (χ4v) is 2.18. The van der Waals surface area contributed by atoms with E-state index >= 15 is 0 Å². The highest BCUT2D eigenvalue weighted by Gasteiger charge is 2.10. The van der Waals surface area contributed by atoms with Gasteiger partial charge in [0.15, 0.2) is 17.3 Å². The van der Waals surface area contributed by atoms with Crippen molar-refractivity contribution in [3.8, 4) is 17.2 Å². The zero-order valence-electron chi connectivity index (χ0n) is 13.1. The first kappa shape index (κ1) is 15.9. The summed E-state index contributed by atoms with van der Waals surface area (Å²) in [4.78, 5) is 12.3. The number of hydrogen-bond donors (Lipinski definition) is 0. The van der Waals surface area contributed by atoms with E-state index in [2.05, 4.69) is 0 Å². The second-order valence-electron chi connectivity index (χ2n) is 4.75. The molecule has 2 aromatic carbocycles. The molecule has 0 radical (unpaired) electrons. The normalized spacial score (nSPS) is 10.1. The monoisotopic (exact) mass is 300 g/mol. The van der Waals surface area contributed by atoms with Crippen LogP contribution in [0.4, 0.5) is 0 Å². The van der Waals surface area contributed by atoms with Gasteiger partial charge in [0.1, 0.15) is 5.75 Å². The minimum Gasteiger partial charge on any atom is -0.494 e. The Balaban J connectivity index is 2.11. The second-order valence-corrected chi connectivity index (χ2v) is 4.75. The average molecular weight is 300 g/mol. The Morgan fingerprint density at radius 3 is 2.23 bits per heavy atom. The van der Waals surface area contributed by atoms with E-state index in [0.717, 1.165) is 11.3 Å². The average Bonchev–Trinajstić information content (AvgIpc) is 2.55. The molecule has 116 valence electrons. The van der Waals surface area contributed by atoms with Crippen molar-refractivity contribution in [1.82, 2.24) is 0 Å². The fourth-order valence-electron chi connectivity index (χ4n) is 2.18. The van der Waals surface area contributed by atoms with E-state index in [1.807, 2.05) is 31.2 Å². The van der Waals surface area contributed by atoms with Crippen molar-refractivity contribution in [2.45, 2.75) is 13.3 Å². The van der Waals surface area contributed by atoms with Gasteiger partial charge in [-0.3, -0.25) is 4.79 Å². The van der Waals surface area contributed by atoms with Crippen molar-refractivity contribution >= 4 is 5.78 Å². The Bertz CT molecular complexity index is 632. The van der Waals surface area contributed by atoms with E-state index in [0.29, 0.717) is 30.1 Å². The maximum Gasteiger partial charge on any atom is 0.167 e. The van der Waals surface area contributed by atoms with Gasteiger partial charge in [0.25, 0.3) is 0 Å². The van der Waals surface area contributed by atoms with Crippen molar-refractivity contribution in [2.24, 2.45) is 0 Å². The smallest absolute Gasteiger partial charge is 0.167 e. The minimum absolute atomic E-state index is 0.0512. The van der Waals surface area contributed by atoms with Gasteiger partial charge in [0.2, 0.25) is 0 Å². The number of hydrogen-bond acceptors (Lipinski definition) is 4. The lowest BCUT2D eigenvalue weighted by atomic mass is 10.0. The molecule has 2 aromatic rings. The molecule has 22 heavy (non-hydrogen) atoms. The zero-order chi connectivity index (χ0) is 15.9. The van der Waals surface area contributed by atoms with Crippen molar-refractivity contribution in [2.75, 3.05) is 20.8 Å². The SMILES string of the molecule is CCOc1ccc(C(=O)Cc2ccc(OC)c(OC)c2)cc1. The van der Waals surface area contributed by atoms with Crippen LogP contribution in [0.5, 0.6) is 17.2 Å². The summed E-state index contributed by atoms with van der Waals surface area (Å²) in [6.45, 7) is 2.54. The van der Waals surface area contributed by atoms with Gasteiger partial charge in [-0.15, -0.1) is 0 Å². The molecule has 0 atom stereocenters. The maximum absolute atomic E-state index is 12.3. The first-order valence-electron chi connectivity index (χ1n) is 7.15. The predicted octanol–water partition coefficient (Wildman–Crippen LogP) is 3.53. The van der Waals surface area contributed by atoms with Gasteiger partial charge in [0, 0.05) is 12.0 Å². The molecular formula is C18H20O4. The lowest BCUT2D eigenvalue weighted by Crippen LogP contribution is -2.04. The maximum atomic E-state index is 12.3. The quantitative estimate of drug-likeness (QED) is 0.734. The van der Waals surface area contributed by atoms with Gasteiger partial charge < -0.3 is 14.2 Å². The van der Waals surface area contributed by atoms with Crippen LogP contribution in [0.1, 0.15) is 22.8 Å². The molecule has 0 spiro atoms. The second kappa shape index (κ2) is 7.50. The molecule has 0 saturated carbocycles. The van der Waals surface area contributed by atoms with E-state index < -0.39 is 0 Å². The number of benzene rings is 2. The van der Waals surface area contributed by atoms with Crippen LogP contribution in [0.15, 0.2) is 42.5 Å². The lowest BCUT2D eigenvalue weighted by molar-refractivity contribution is 0.0993. The number of methoxy groups -OCH3 is 2.